The summed E-state index contributed by atoms with van der Waals surface area (Å²) in [6.45, 7) is 5.36. The van der Waals surface area contributed by atoms with E-state index in [9.17, 15) is 26.3 Å². The topological polar surface area (TPSA) is 9.23 Å². The van der Waals surface area contributed by atoms with E-state index in [4.69, 9.17) is 0 Å². The number of alkyl halides is 2. The zero-order valence-electron chi connectivity index (χ0n) is 22.0. The molecule has 8 heteroatoms. The Bertz CT molecular complexity index is 1600. The van der Waals surface area contributed by atoms with Crippen LogP contribution in [0.2, 0.25) is 0 Å². The predicted molar refractivity (Wildman–Crippen MR) is 144 cm³/mol. The van der Waals surface area contributed by atoms with Gasteiger partial charge in [0, 0.05) is 23.3 Å². The van der Waals surface area contributed by atoms with Crippen molar-refractivity contribution in [2.24, 2.45) is 5.92 Å². The highest BCUT2D eigenvalue weighted by Gasteiger charge is 2.41. The van der Waals surface area contributed by atoms with E-state index in [2.05, 4.69) is 18.2 Å². The molecule has 1 atom stereocenters. The van der Waals surface area contributed by atoms with Crippen molar-refractivity contribution in [3.05, 3.63) is 119 Å². The van der Waals surface area contributed by atoms with Crippen LogP contribution in [0.15, 0.2) is 67.2 Å². The van der Waals surface area contributed by atoms with E-state index >= 15 is 4.39 Å². The van der Waals surface area contributed by atoms with Gasteiger partial charge in [0.25, 0.3) is 0 Å². The summed E-state index contributed by atoms with van der Waals surface area (Å²) in [7, 11) is 0. The van der Waals surface area contributed by atoms with Gasteiger partial charge in [0.15, 0.2) is 0 Å². The first kappa shape index (κ1) is 28.5. The average Bonchev–Trinajstić information content (AvgIpc) is 3.29. The van der Waals surface area contributed by atoms with Crippen molar-refractivity contribution in [3.63, 3.8) is 0 Å². The van der Waals surface area contributed by atoms with Crippen molar-refractivity contribution in [1.82, 2.24) is 0 Å². The molecule has 0 bridgehead atoms. The maximum atomic E-state index is 15.2. The quantitative estimate of drug-likeness (QED) is 0.192. The lowest BCUT2D eigenvalue weighted by molar-refractivity contribution is -0.189. The number of fused-ring (bicyclic) bond motifs is 1. The van der Waals surface area contributed by atoms with Crippen LogP contribution in [-0.2, 0) is 19.0 Å². The molecule has 1 aliphatic rings. The second-order valence-electron chi connectivity index (χ2n) is 10.2. The zero-order chi connectivity index (χ0) is 29.5. The third kappa shape index (κ3) is 5.60. The Morgan fingerprint density at radius 3 is 1.95 bits per heavy atom. The molecule has 4 aromatic carbocycles. The summed E-state index contributed by atoms with van der Waals surface area (Å²) < 4.78 is 107. The normalized spacial score (nSPS) is 14.7. The Balaban J connectivity index is 1.41. The van der Waals surface area contributed by atoms with Gasteiger partial charge in [0.1, 0.15) is 40.4 Å². The van der Waals surface area contributed by atoms with Gasteiger partial charge in [-0.25, -0.2) is 22.0 Å². The molecule has 0 heterocycles. The van der Waals surface area contributed by atoms with Crippen LogP contribution in [0.3, 0.4) is 0 Å². The lowest BCUT2D eigenvalue weighted by Gasteiger charge is -2.20. The number of rotatable bonds is 8. The standard InChI is InChI=1S/C33H25F7O/c1-3-5-18-10-19-6-7-20(12-22(19)11-18)21-8-9-26(27(34)13-21)23-14-30(37)32(31(38)15-23)33(39,40)41-24-16-28(35)25(4-2)29(36)17-24/h4,6-9,12-18H,2-3,5,10-11H2,1H3. The molecule has 41 heavy (non-hydrogen) atoms. The first-order chi connectivity index (χ1) is 19.5. The Kier molecular flexibility index (Phi) is 7.68. The third-order valence-electron chi connectivity index (χ3n) is 7.37. The van der Waals surface area contributed by atoms with Crippen LogP contribution in [-0.4, -0.2) is 0 Å². The van der Waals surface area contributed by atoms with E-state index in [0.717, 1.165) is 37.3 Å². The van der Waals surface area contributed by atoms with Gasteiger partial charge in [-0.2, -0.15) is 8.78 Å². The molecule has 0 N–H and O–H groups in total. The van der Waals surface area contributed by atoms with Crippen molar-refractivity contribution in [2.45, 2.75) is 38.7 Å². The second-order valence-corrected chi connectivity index (χ2v) is 10.2. The molecule has 1 nitrogen and oxygen atoms in total. The van der Waals surface area contributed by atoms with Gasteiger partial charge in [-0.1, -0.05) is 62.8 Å². The van der Waals surface area contributed by atoms with Gasteiger partial charge in [0.2, 0.25) is 0 Å². The van der Waals surface area contributed by atoms with E-state index < -0.39 is 52.1 Å². The maximum absolute atomic E-state index is 15.2. The van der Waals surface area contributed by atoms with Crippen LogP contribution in [0.25, 0.3) is 28.3 Å². The molecule has 0 spiro atoms. The summed E-state index contributed by atoms with van der Waals surface area (Å²) in [5, 5.41) is 0. The summed E-state index contributed by atoms with van der Waals surface area (Å²) in [5.41, 5.74) is 0.981. The minimum Gasteiger partial charge on any atom is -0.429 e. The van der Waals surface area contributed by atoms with Crippen LogP contribution < -0.4 is 4.74 Å². The minimum absolute atomic E-state index is 0.198. The van der Waals surface area contributed by atoms with Crippen molar-refractivity contribution in [2.75, 3.05) is 0 Å². The predicted octanol–water partition coefficient (Wildman–Crippen LogP) is 10.0. The highest BCUT2D eigenvalue weighted by atomic mass is 19.3. The number of halogens is 7. The molecule has 4 aromatic rings. The molecule has 0 saturated carbocycles. The molecule has 5 rings (SSSR count). The molecule has 1 unspecified atom stereocenters. The van der Waals surface area contributed by atoms with Crippen LogP contribution in [0.1, 0.15) is 42.0 Å². The van der Waals surface area contributed by atoms with Crippen LogP contribution in [0.4, 0.5) is 30.7 Å². The van der Waals surface area contributed by atoms with Crippen LogP contribution in [0.5, 0.6) is 5.75 Å². The van der Waals surface area contributed by atoms with Crippen LogP contribution in [0, 0.1) is 35.0 Å². The molecule has 0 saturated heterocycles. The van der Waals surface area contributed by atoms with E-state index in [-0.39, 0.29) is 11.1 Å². The summed E-state index contributed by atoms with van der Waals surface area (Å²) in [4.78, 5) is 0. The molecular weight excluding hydrogens is 545 g/mol. The smallest absolute Gasteiger partial charge is 0.429 e. The van der Waals surface area contributed by atoms with Gasteiger partial charge < -0.3 is 4.74 Å². The van der Waals surface area contributed by atoms with Gasteiger partial charge in [0.05, 0.1) is 0 Å². The van der Waals surface area contributed by atoms with Gasteiger partial charge in [-0.3, -0.25) is 0 Å². The SMILES string of the molecule is C=Cc1c(F)cc(OC(F)(F)c2c(F)cc(-c3ccc(-c4ccc5c(c4)CC(CCC)C5)cc3F)cc2F)cc1F. The highest BCUT2D eigenvalue weighted by Crippen LogP contribution is 2.39. The highest BCUT2D eigenvalue weighted by molar-refractivity contribution is 5.72. The monoisotopic (exact) mass is 570 g/mol. The fraction of sp³-hybridized carbons (Fsp3) is 0.212. The van der Waals surface area contributed by atoms with E-state index in [0.29, 0.717) is 35.7 Å². The molecule has 0 aromatic heterocycles. The third-order valence-corrected chi connectivity index (χ3v) is 7.37. The summed E-state index contributed by atoms with van der Waals surface area (Å²) in [5.74, 6) is -7.14. The first-order valence-corrected chi connectivity index (χ1v) is 13.1. The Labute approximate surface area is 232 Å². The molecule has 1 aliphatic carbocycles. The molecule has 212 valence electrons. The summed E-state index contributed by atoms with van der Waals surface area (Å²) >= 11 is 0. The number of ether oxygens (including phenoxy) is 1. The number of hydrogen-bond acceptors (Lipinski definition) is 1. The van der Waals surface area contributed by atoms with Crippen molar-refractivity contribution in [1.29, 1.82) is 0 Å². The summed E-state index contributed by atoms with van der Waals surface area (Å²) in [6, 6.07) is 12.1. The molecule has 0 fully saturated rings. The maximum Gasteiger partial charge on any atom is 0.432 e. The van der Waals surface area contributed by atoms with Crippen LogP contribution >= 0.6 is 0 Å². The molecule has 0 aliphatic heterocycles. The molecule has 0 amide bonds. The Morgan fingerprint density at radius 2 is 1.34 bits per heavy atom. The number of benzene rings is 4. The summed E-state index contributed by atoms with van der Waals surface area (Å²) in [6.07, 6.45) is 0.411. The number of hydrogen-bond donors (Lipinski definition) is 0. The average molecular weight is 571 g/mol. The van der Waals surface area contributed by atoms with Crippen molar-refractivity contribution in [3.8, 4) is 28.0 Å². The second kappa shape index (κ2) is 11.1. The lowest BCUT2D eigenvalue weighted by atomic mass is 9.96. The Morgan fingerprint density at radius 1 is 0.756 bits per heavy atom. The lowest BCUT2D eigenvalue weighted by Crippen LogP contribution is -2.25. The van der Waals surface area contributed by atoms with Gasteiger partial charge >= 0.3 is 6.11 Å². The van der Waals surface area contributed by atoms with E-state index in [1.54, 1.807) is 6.07 Å². The largest absolute Gasteiger partial charge is 0.432 e. The van der Waals surface area contributed by atoms with Crippen molar-refractivity contribution < 1.29 is 35.5 Å². The first-order valence-electron chi connectivity index (χ1n) is 13.1. The van der Waals surface area contributed by atoms with Gasteiger partial charge in [-0.15, -0.1) is 0 Å². The Hall–Kier alpha value is -4.07. The zero-order valence-corrected chi connectivity index (χ0v) is 22.0. The van der Waals surface area contributed by atoms with E-state index in [1.165, 1.54) is 23.3 Å². The fourth-order valence-electron chi connectivity index (χ4n) is 5.45. The van der Waals surface area contributed by atoms with Crippen molar-refractivity contribution >= 4 is 6.08 Å². The molecule has 0 radical (unpaired) electrons. The molecular formula is C33H25F7O. The minimum atomic E-state index is -4.65. The fourth-order valence-corrected chi connectivity index (χ4v) is 5.45. The van der Waals surface area contributed by atoms with E-state index in [1.807, 2.05) is 18.2 Å². The van der Waals surface area contributed by atoms with Gasteiger partial charge in [-0.05, 0) is 64.8 Å².